The molecule has 8 heteroatoms. The maximum atomic E-state index is 13.2. The number of H-pyrrole nitrogens is 1. The van der Waals surface area contributed by atoms with E-state index >= 15 is 0 Å². The van der Waals surface area contributed by atoms with Crippen LogP contribution in [0.5, 0.6) is 0 Å². The van der Waals surface area contributed by atoms with E-state index in [-0.39, 0.29) is 17.9 Å². The van der Waals surface area contributed by atoms with Gasteiger partial charge in [-0.15, -0.1) is 11.3 Å². The zero-order valence-electron chi connectivity index (χ0n) is 13.3. The van der Waals surface area contributed by atoms with Gasteiger partial charge in [-0.05, 0) is 35.9 Å². The number of hydrogen-bond donors (Lipinski definition) is 2. The van der Waals surface area contributed by atoms with Crippen LogP contribution in [0.3, 0.4) is 0 Å². The second-order valence-corrected chi connectivity index (χ2v) is 6.55. The molecule has 0 saturated carbocycles. The number of carbonyl (C=O) groups excluding carboxylic acids is 1. The van der Waals surface area contributed by atoms with Crippen LogP contribution in [0.1, 0.15) is 5.56 Å². The molecule has 0 aliphatic rings. The van der Waals surface area contributed by atoms with E-state index in [4.69, 9.17) is 0 Å². The Bertz CT molecular complexity index is 1070. The van der Waals surface area contributed by atoms with Gasteiger partial charge in [0.05, 0.1) is 17.5 Å². The Kier molecular flexibility index (Phi) is 4.18. The molecule has 1 amide bonds. The number of nitrogens with one attached hydrogen (secondary N) is 2. The molecule has 5 nitrogen and oxygen atoms in total. The third kappa shape index (κ3) is 3.45. The largest absolute Gasteiger partial charge is 0.336 e. The number of amides is 1. The van der Waals surface area contributed by atoms with Crippen molar-refractivity contribution in [2.45, 2.75) is 6.42 Å². The molecule has 26 heavy (non-hydrogen) atoms. The average Bonchev–Trinajstić information content (AvgIpc) is 3.22. The first-order valence-corrected chi connectivity index (χ1v) is 8.59. The summed E-state index contributed by atoms with van der Waals surface area (Å²) in [7, 11) is 0. The van der Waals surface area contributed by atoms with Crippen molar-refractivity contribution in [3.05, 3.63) is 65.2 Å². The van der Waals surface area contributed by atoms with E-state index in [1.54, 1.807) is 24.4 Å². The molecule has 0 aliphatic carbocycles. The Morgan fingerprint density at radius 3 is 2.69 bits per heavy atom. The quantitative estimate of drug-likeness (QED) is 0.567. The smallest absolute Gasteiger partial charge is 0.228 e. The van der Waals surface area contributed by atoms with Crippen LogP contribution in [-0.4, -0.2) is 20.9 Å². The van der Waals surface area contributed by atoms with Gasteiger partial charge in [0.2, 0.25) is 5.91 Å². The van der Waals surface area contributed by atoms with Gasteiger partial charge in [0.15, 0.2) is 10.8 Å². The number of halogens is 2. The minimum atomic E-state index is -0.707. The molecule has 0 atom stereocenters. The number of hydrogen-bond acceptors (Lipinski definition) is 4. The zero-order chi connectivity index (χ0) is 18.1. The number of thiazole rings is 1. The Morgan fingerprint density at radius 1 is 1.15 bits per heavy atom. The summed E-state index contributed by atoms with van der Waals surface area (Å²) >= 11 is 1.47. The monoisotopic (exact) mass is 370 g/mol. The van der Waals surface area contributed by atoms with E-state index in [9.17, 15) is 13.6 Å². The highest BCUT2D eigenvalue weighted by Gasteiger charge is 2.10. The number of nitrogens with zero attached hydrogens (tertiary/aromatic N) is 2. The van der Waals surface area contributed by atoms with Crippen LogP contribution < -0.4 is 5.32 Å². The highest BCUT2D eigenvalue weighted by Crippen LogP contribution is 2.24. The first-order chi connectivity index (χ1) is 12.6. The van der Waals surface area contributed by atoms with Crippen LogP contribution in [-0.2, 0) is 11.2 Å². The maximum absolute atomic E-state index is 13.2. The number of aromatic amines is 1. The van der Waals surface area contributed by atoms with Crippen molar-refractivity contribution in [1.29, 1.82) is 0 Å². The van der Waals surface area contributed by atoms with Crippen molar-refractivity contribution in [1.82, 2.24) is 15.0 Å². The van der Waals surface area contributed by atoms with Gasteiger partial charge in [-0.3, -0.25) is 4.79 Å². The van der Waals surface area contributed by atoms with E-state index in [1.807, 2.05) is 5.38 Å². The SMILES string of the molecule is O=C(Cc1cc(F)cc(F)c1)Nc1ccc2nc(-c3nccs3)[nH]c2c1. The number of fused-ring (bicyclic) bond motifs is 1. The number of anilines is 1. The van der Waals surface area contributed by atoms with Crippen LogP contribution in [0.4, 0.5) is 14.5 Å². The number of carbonyl (C=O) groups is 1. The minimum Gasteiger partial charge on any atom is -0.336 e. The molecule has 0 unspecified atom stereocenters. The summed E-state index contributed by atoms with van der Waals surface area (Å²) < 4.78 is 26.4. The molecule has 0 bridgehead atoms. The normalized spacial score (nSPS) is 11.0. The van der Waals surface area contributed by atoms with E-state index in [2.05, 4.69) is 20.3 Å². The van der Waals surface area contributed by atoms with Crippen molar-refractivity contribution >= 4 is 34.0 Å². The summed E-state index contributed by atoms with van der Waals surface area (Å²) in [6.07, 6.45) is 1.58. The minimum absolute atomic E-state index is 0.125. The molecule has 2 aromatic carbocycles. The molecule has 4 aromatic rings. The maximum Gasteiger partial charge on any atom is 0.228 e. The molecule has 2 aromatic heterocycles. The van der Waals surface area contributed by atoms with Gasteiger partial charge in [-0.25, -0.2) is 18.7 Å². The number of imidazole rings is 1. The molecule has 130 valence electrons. The van der Waals surface area contributed by atoms with Crippen LogP contribution in [0.2, 0.25) is 0 Å². The predicted molar refractivity (Wildman–Crippen MR) is 95.9 cm³/mol. The van der Waals surface area contributed by atoms with Gasteiger partial charge in [0.1, 0.15) is 11.6 Å². The third-order valence-corrected chi connectivity index (χ3v) is 4.47. The predicted octanol–water partition coefficient (Wildman–Crippen LogP) is 4.15. The van der Waals surface area contributed by atoms with Crippen LogP contribution in [0, 0.1) is 11.6 Å². The summed E-state index contributed by atoms with van der Waals surface area (Å²) in [5, 5.41) is 5.36. The lowest BCUT2D eigenvalue weighted by Gasteiger charge is -2.06. The first-order valence-electron chi connectivity index (χ1n) is 7.71. The third-order valence-electron chi connectivity index (χ3n) is 3.69. The van der Waals surface area contributed by atoms with E-state index in [0.717, 1.165) is 34.2 Å². The Hall–Kier alpha value is -3.13. The van der Waals surface area contributed by atoms with Crippen LogP contribution >= 0.6 is 11.3 Å². The molecule has 4 rings (SSSR count). The van der Waals surface area contributed by atoms with Crippen molar-refractivity contribution < 1.29 is 13.6 Å². The molecule has 2 N–H and O–H groups in total. The molecular formula is C18H12F2N4OS. The first kappa shape index (κ1) is 16.3. The summed E-state index contributed by atoms with van der Waals surface area (Å²) in [5.41, 5.74) is 2.34. The topological polar surface area (TPSA) is 70.7 Å². The molecule has 2 heterocycles. The fourth-order valence-electron chi connectivity index (χ4n) is 2.63. The van der Waals surface area contributed by atoms with Gasteiger partial charge in [0, 0.05) is 23.3 Å². The second-order valence-electron chi connectivity index (χ2n) is 5.66. The van der Waals surface area contributed by atoms with Crippen molar-refractivity contribution in [2.75, 3.05) is 5.32 Å². The molecule has 0 radical (unpaired) electrons. The van der Waals surface area contributed by atoms with E-state index in [0.29, 0.717) is 11.5 Å². The fraction of sp³-hybridized carbons (Fsp3) is 0.0556. The average molecular weight is 370 g/mol. The fourth-order valence-corrected chi connectivity index (χ4v) is 3.21. The van der Waals surface area contributed by atoms with Gasteiger partial charge in [-0.2, -0.15) is 0 Å². The van der Waals surface area contributed by atoms with Crippen LogP contribution in [0.25, 0.3) is 21.9 Å². The highest BCUT2D eigenvalue weighted by molar-refractivity contribution is 7.13. The Labute approximate surface area is 150 Å². The highest BCUT2D eigenvalue weighted by atomic mass is 32.1. The summed E-state index contributed by atoms with van der Waals surface area (Å²) in [6, 6.07) is 8.30. The number of aromatic nitrogens is 3. The van der Waals surface area contributed by atoms with Crippen molar-refractivity contribution in [3.8, 4) is 10.8 Å². The number of benzene rings is 2. The summed E-state index contributed by atoms with van der Waals surface area (Å²) in [4.78, 5) is 24.0. The van der Waals surface area contributed by atoms with Crippen molar-refractivity contribution in [2.24, 2.45) is 0 Å². The molecule has 0 fully saturated rings. The van der Waals surface area contributed by atoms with E-state index in [1.165, 1.54) is 11.3 Å². The summed E-state index contributed by atoms with van der Waals surface area (Å²) in [6.45, 7) is 0. The lowest BCUT2D eigenvalue weighted by atomic mass is 10.1. The standard InChI is InChI=1S/C18H12F2N4OS/c19-11-5-10(6-12(20)8-11)7-16(25)22-13-1-2-14-15(9-13)24-17(23-14)18-21-3-4-26-18/h1-6,8-9H,7H2,(H,22,25)(H,23,24). The van der Waals surface area contributed by atoms with Gasteiger partial charge < -0.3 is 10.3 Å². The lowest BCUT2D eigenvalue weighted by Crippen LogP contribution is -2.14. The molecular weight excluding hydrogens is 358 g/mol. The van der Waals surface area contributed by atoms with Gasteiger partial charge in [0.25, 0.3) is 0 Å². The van der Waals surface area contributed by atoms with Gasteiger partial charge in [-0.1, -0.05) is 0 Å². The van der Waals surface area contributed by atoms with Crippen molar-refractivity contribution in [3.63, 3.8) is 0 Å². The Balaban J connectivity index is 1.52. The lowest BCUT2D eigenvalue weighted by molar-refractivity contribution is -0.115. The second kappa shape index (κ2) is 6.64. The number of rotatable bonds is 4. The van der Waals surface area contributed by atoms with Crippen LogP contribution in [0.15, 0.2) is 48.0 Å². The molecule has 0 aliphatic heterocycles. The molecule has 0 saturated heterocycles. The van der Waals surface area contributed by atoms with Gasteiger partial charge >= 0.3 is 0 Å². The summed E-state index contributed by atoms with van der Waals surface area (Å²) in [5.74, 6) is -1.12. The molecule has 0 spiro atoms. The van der Waals surface area contributed by atoms with E-state index < -0.39 is 11.6 Å². The zero-order valence-corrected chi connectivity index (χ0v) is 14.1. The Morgan fingerprint density at radius 2 is 1.96 bits per heavy atom.